The number of benzene rings is 12. The van der Waals surface area contributed by atoms with Gasteiger partial charge in [0.15, 0.2) is 0 Å². The molecule has 0 unspecified atom stereocenters. The van der Waals surface area contributed by atoms with Gasteiger partial charge in [0.25, 0.3) is 0 Å². The molecule has 0 aromatic heterocycles. The van der Waals surface area contributed by atoms with E-state index in [1.807, 2.05) is 0 Å². The highest BCUT2D eigenvalue weighted by Gasteiger charge is 2.54. The van der Waals surface area contributed by atoms with E-state index < -0.39 is 10.8 Å². The average Bonchev–Trinajstić information content (AvgIpc) is 1.52. The van der Waals surface area contributed by atoms with Crippen molar-refractivity contribution in [2.24, 2.45) is 0 Å². The van der Waals surface area contributed by atoms with Crippen LogP contribution in [0.15, 0.2) is 273 Å². The molecule has 0 saturated heterocycles. The number of ether oxygens (including phenoxy) is 1. The summed E-state index contributed by atoms with van der Waals surface area (Å²) in [5.74, 6) is 1.76. The zero-order valence-electron chi connectivity index (χ0n) is 48.3. The quantitative estimate of drug-likeness (QED) is 0.165. The van der Waals surface area contributed by atoms with Crippen LogP contribution in [0.1, 0.15) is 97.2 Å². The molecule has 0 radical (unpaired) electrons. The molecule has 0 saturated carbocycles. The van der Waals surface area contributed by atoms with Crippen molar-refractivity contribution in [3.8, 4) is 78.3 Å². The van der Waals surface area contributed by atoms with Gasteiger partial charge in [0.2, 0.25) is 0 Å². The Morgan fingerprint density at radius 3 is 1.08 bits per heavy atom. The van der Waals surface area contributed by atoms with Gasteiger partial charge in [0.1, 0.15) is 11.5 Å². The monoisotopic (exact) mass is 1080 g/mol. The van der Waals surface area contributed by atoms with Crippen LogP contribution < -0.4 is 9.64 Å². The Morgan fingerprint density at radius 1 is 0.262 bits per heavy atom. The van der Waals surface area contributed by atoms with Gasteiger partial charge in [-0.25, -0.2) is 0 Å². The van der Waals surface area contributed by atoms with Gasteiger partial charge < -0.3 is 9.64 Å². The third-order valence-corrected chi connectivity index (χ3v) is 18.9. The van der Waals surface area contributed by atoms with Crippen LogP contribution in [0.2, 0.25) is 0 Å². The minimum Gasteiger partial charge on any atom is -0.457 e. The van der Waals surface area contributed by atoms with E-state index in [-0.39, 0.29) is 10.8 Å². The molecule has 84 heavy (non-hydrogen) atoms. The molecule has 0 fully saturated rings. The highest BCUT2D eigenvalue weighted by atomic mass is 16.5. The van der Waals surface area contributed by atoms with Crippen molar-refractivity contribution < 1.29 is 4.74 Å². The minimum absolute atomic E-state index is 0.0706. The van der Waals surface area contributed by atoms with Gasteiger partial charge >= 0.3 is 0 Å². The summed E-state index contributed by atoms with van der Waals surface area (Å²) in [4.78, 5) is 2.58. The van der Waals surface area contributed by atoms with Crippen LogP contribution >= 0.6 is 0 Å². The zero-order valence-corrected chi connectivity index (χ0v) is 48.3. The first kappa shape index (κ1) is 50.0. The summed E-state index contributed by atoms with van der Waals surface area (Å²) >= 11 is 0. The molecule has 0 N–H and O–H groups in total. The molecular weight excluding hydrogens is 1010 g/mol. The number of nitrogens with zero attached hydrogens (tertiary/aromatic N) is 1. The summed E-state index contributed by atoms with van der Waals surface area (Å²) in [5.41, 5.74) is 29.3. The van der Waals surface area contributed by atoms with Crippen molar-refractivity contribution in [1.82, 2.24) is 0 Å². The molecule has 1 aliphatic heterocycles. The van der Waals surface area contributed by atoms with Crippen LogP contribution in [0.25, 0.3) is 66.8 Å². The topological polar surface area (TPSA) is 12.5 Å². The third-order valence-electron chi connectivity index (χ3n) is 18.9. The van der Waals surface area contributed by atoms with Crippen molar-refractivity contribution in [2.45, 2.75) is 63.2 Å². The largest absolute Gasteiger partial charge is 0.457 e. The Balaban J connectivity index is 0.999. The second kappa shape index (κ2) is 18.4. The Bertz CT molecular complexity index is 4570. The first-order valence-corrected chi connectivity index (χ1v) is 29.7. The molecule has 1 heterocycles. The first-order valence-electron chi connectivity index (χ1n) is 29.7. The van der Waals surface area contributed by atoms with E-state index in [9.17, 15) is 0 Å². The molecule has 16 rings (SSSR count). The maximum absolute atomic E-state index is 6.87. The van der Waals surface area contributed by atoms with Crippen LogP contribution in [-0.2, 0) is 21.7 Å². The van der Waals surface area contributed by atoms with Crippen LogP contribution in [0.5, 0.6) is 11.5 Å². The molecule has 12 aromatic carbocycles. The molecule has 0 atom stereocenters. The van der Waals surface area contributed by atoms with Crippen LogP contribution in [0, 0.1) is 0 Å². The number of fused-ring (bicyclic) bond motifs is 19. The van der Waals surface area contributed by atoms with E-state index in [2.05, 4.69) is 319 Å². The standard InChI is InChI=1S/C82H63NO/c1-79(2,3)53-40-44-63-64-45-41-54(80(4,5)6)49-73(64)82(72(63)48-53)69-34-18-15-31-62(69)66-47-43-56(51-75(66)82)83(76-37-21-16-32-67(76)60-29-13-12-28-59(60)58-27-11-10-26-57(58)52-24-8-7-9-25-52)55-42-46-65-61-30-14-17-33-68(61)81(74(65)50-55)70-35-19-22-38-77(70)84-78-39-23-20-36-71(78)81/h7-51H,1-6H3. The predicted molar refractivity (Wildman–Crippen MR) is 349 cm³/mol. The van der Waals surface area contributed by atoms with Gasteiger partial charge in [-0.15, -0.1) is 0 Å². The molecular formula is C82H63NO. The fraction of sp³-hybridized carbons (Fsp3) is 0.122. The molecule has 0 amide bonds. The Hall–Kier alpha value is -9.76. The predicted octanol–water partition coefficient (Wildman–Crippen LogP) is 21.6. The fourth-order valence-electron chi connectivity index (χ4n) is 15.1. The zero-order chi connectivity index (χ0) is 56.7. The smallest absolute Gasteiger partial charge is 0.132 e. The molecule has 0 bridgehead atoms. The van der Waals surface area contributed by atoms with E-state index in [0.29, 0.717) is 0 Å². The Labute approximate surface area is 494 Å². The Kier molecular flexibility index (Phi) is 10.9. The molecule has 2 spiro atoms. The molecule has 3 aliphatic carbocycles. The first-order chi connectivity index (χ1) is 40.9. The second-order valence-electron chi connectivity index (χ2n) is 25.5. The van der Waals surface area contributed by atoms with Crippen molar-refractivity contribution in [1.29, 1.82) is 0 Å². The lowest BCUT2D eigenvalue weighted by Gasteiger charge is -2.39. The lowest BCUT2D eigenvalue weighted by Crippen LogP contribution is -2.32. The van der Waals surface area contributed by atoms with E-state index in [0.717, 1.165) is 50.8 Å². The summed E-state index contributed by atoms with van der Waals surface area (Å²) in [6.45, 7) is 14.1. The average molecular weight is 1080 g/mol. The molecule has 2 heteroatoms. The van der Waals surface area contributed by atoms with Gasteiger partial charge in [-0.3, -0.25) is 0 Å². The molecule has 12 aromatic rings. The molecule has 402 valence electrons. The number of para-hydroxylation sites is 3. The number of rotatable bonds is 6. The summed E-state index contributed by atoms with van der Waals surface area (Å²) in [6, 6.07) is 103. The number of anilines is 3. The lowest BCUT2D eigenvalue weighted by atomic mass is 9.66. The highest BCUT2D eigenvalue weighted by Crippen LogP contribution is 2.66. The maximum atomic E-state index is 6.87. The van der Waals surface area contributed by atoms with Gasteiger partial charge in [-0.1, -0.05) is 272 Å². The fourth-order valence-corrected chi connectivity index (χ4v) is 15.1. The normalized spacial score (nSPS) is 14.1. The highest BCUT2D eigenvalue weighted by molar-refractivity contribution is 6.01. The summed E-state index contributed by atoms with van der Waals surface area (Å²) in [5, 5.41) is 0. The van der Waals surface area contributed by atoms with Crippen LogP contribution in [-0.4, -0.2) is 0 Å². The summed E-state index contributed by atoms with van der Waals surface area (Å²) in [7, 11) is 0. The Morgan fingerprint density at radius 2 is 0.595 bits per heavy atom. The van der Waals surface area contributed by atoms with Crippen molar-refractivity contribution in [3.05, 3.63) is 329 Å². The van der Waals surface area contributed by atoms with Crippen molar-refractivity contribution in [3.63, 3.8) is 0 Å². The third kappa shape index (κ3) is 7.10. The van der Waals surface area contributed by atoms with E-state index in [4.69, 9.17) is 4.74 Å². The number of hydrogen-bond acceptors (Lipinski definition) is 2. The van der Waals surface area contributed by atoms with Gasteiger partial charge in [0.05, 0.1) is 16.5 Å². The number of hydrogen-bond donors (Lipinski definition) is 0. The maximum Gasteiger partial charge on any atom is 0.132 e. The van der Waals surface area contributed by atoms with Crippen LogP contribution in [0.4, 0.5) is 17.1 Å². The van der Waals surface area contributed by atoms with Gasteiger partial charge in [-0.05, 0) is 159 Å². The minimum atomic E-state index is -0.664. The summed E-state index contributed by atoms with van der Waals surface area (Å²) in [6.07, 6.45) is 0. The molecule has 4 aliphatic rings. The van der Waals surface area contributed by atoms with E-state index in [1.54, 1.807) is 0 Å². The summed E-state index contributed by atoms with van der Waals surface area (Å²) < 4.78 is 6.87. The van der Waals surface area contributed by atoms with E-state index >= 15 is 0 Å². The van der Waals surface area contributed by atoms with Crippen LogP contribution in [0.3, 0.4) is 0 Å². The van der Waals surface area contributed by atoms with Crippen molar-refractivity contribution in [2.75, 3.05) is 4.90 Å². The SMILES string of the molecule is CC(C)(C)c1ccc2c(c1)C1(c3ccccc3-c3ccc(N(c4ccc5c(c4)C4(c6ccccc6Oc6ccccc64)c4ccccc4-5)c4ccccc4-c4ccccc4-c4ccccc4-c4ccccc4)cc31)c1cc(C(C)(C)C)ccc1-2. The van der Waals surface area contributed by atoms with Gasteiger partial charge in [0, 0.05) is 28.1 Å². The van der Waals surface area contributed by atoms with E-state index in [1.165, 1.54) is 100 Å². The van der Waals surface area contributed by atoms with Gasteiger partial charge in [-0.2, -0.15) is 0 Å². The van der Waals surface area contributed by atoms with Crippen molar-refractivity contribution >= 4 is 17.1 Å². The lowest BCUT2D eigenvalue weighted by molar-refractivity contribution is 0.436. The second-order valence-corrected chi connectivity index (χ2v) is 25.5. The molecule has 2 nitrogen and oxygen atoms in total.